The summed E-state index contributed by atoms with van der Waals surface area (Å²) in [5.74, 6) is 0. The minimum atomic E-state index is -0.228. The van der Waals surface area contributed by atoms with E-state index in [1.165, 1.54) is 0 Å². The molecular weight excluding hydrogens is 176 g/mol. The predicted molar refractivity (Wildman–Crippen MR) is 47.9 cm³/mol. The lowest BCUT2D eigenvalue weighted by Crippen LogP contribution is -2.13. The molecule has 0 aliphatic rings. The Morgan fingerprint density at radius 1 is 1.67 bits per heavy atom. The fourth-order valence-corrected chi connectivity index (χ4v) is 1.08. The Morgan fingerprint density at radius 2 is 2.42 bits per heavy atom. The minimum absolute atomic E-state index is 0.0648. The van der Waals surface area contributed by atoms with Gasteiger partial charge in [-0.2, -0.15) is 0 Å². The van der Waals surface area contributed by atoms with Gasteiger partial charge in [0.2, 0.25) is 0 Å². The van der Waals surface area contributed by atoms with Crippen molar-refractivity contribution in [1.82, 2.24) is 4.98 Å². The molecule has 3 nitrogen and oxygen atoms in total. The summed E-state index contributed by atoms with van der Waals surface area (Å²) < 4.78 is 0. The lowest BCUT2D eigenvalue weighted by Gasteiger charge is -2.08. The molecule has 0 saturated carbocycles. The first kappa shape index (κ1) is 9.45. The second kappa shape index (κ2) is 4.40. The zero-order valence-electron chi connectivity index (χ0n) is 6.57. The number of halogens is 1. The molecule has 0 saturated heterocycles. The van der Waals surface area contributed by atoms with E-state index in [4.69, 9.17) is 22.4 Å². The summed E-state index contributed by atoms with van der Waals surface area (Å²) in [6.45, 7) is 0.0648. The summed E-state index contributed by atoms with van der Waals surface area (Å²) >= 11 is 5.73. The Balaban J connectivity index is 2.73. The number of aliphatic hydroxyl groups is 1. The van der Waals surface area contributed by atoms with Gasteiger partial charge in [-0.3, -0.25) is 4.98 Å². The molecule has 0 aromatic carbocycles. The van der Waals surface area contributed by atoms with Crippen LogP contribution in [0, 0.1) is 0 Å². The third kappa shape index (κ3) is 2.44. The van der Waals surface area contributed by atoms with Gasteiger partial charge < -0.3 is 10.8 Å². The fraction of sp³-hybridized carbons (Fsp3) is 0.375. The summed E-state index contributed by atoms with van der Waals surface area (Å²) in [6.07, 6.45) is 2.11. The number of nitrogens with zero attached hydrogens (tertiary/aromatic N) is 1. The highest BCUT2D eigenvalue weighted by Crippen LogP contribution is 2.14. The normalized spacial score (nSPS) is 12.9. The fourth-order valence-electron chi connectivity index (χ4n) is 0.911. The van der Waals surface area contributed by atoms with Crippen molar-refractivity contribution < 1.29 is 5.11 Å². The number of rotatable bonds is 3. The second-order valence-corrected chi connectivity index (χ2v) is 2.95. The van der Waals surface area contributed by atoms with Gasteiger partial charge in [-0.05, 0) is 18.6 Å². The largest absolute Gasteiger partial charge is 0.396 e. The maximum Gasteiger partial charge on any atom is 0.0586 e. The number of aliphatic hydroxyl groups excluding tert-OH is 1. The van der Waals surface area contributed by atoms with Crippen molar-refractivity contribution in [1.29, 1.82) is 0 Å². The van der Waals surface area contributed by atoms with E-state index >= 15 is 0 Å². The summed E-state index contributed by atoms with van der Waals surface area (Å²) in [5.41, 5.74) is 6.41. The summed E-state index contributed by atoms with van der Waals surface area (Å²) in [6, 6.07) is 3.17. The standard InChI is InChI=1S/C8H11ClN2O/c9-6-1-3-11-8(5-6)7(10)2-4-12/h1,3,5,7,12H,2,4,10H2/t7-/m0/s1. The van der Waals surface area contributed by atoms with E-state index in [1.807, 2.05) is 0 Å². The maximum absolute atomic E-state index is 8.63. The van der Waals surface area contributed by atoms with Crippen LogP contribution in [0.2, 0.25) is 5.02 Å². The van der Waals surface area contributed by atoms with Gasteiger partial charge in [-0.1, -0.05) is 11.6 Å². The maximum atomic E-state index is 8.63. The SMILES string of the molecule is N[C@@H](CCO)c1cc(Cl)ccn1. The van der Waals surface area contributed by atoms with Crippen LogP contribution in [0.25, 0.3) is 0 Å². The molecule has 1 heterocycles. The van der Waals surface area contributed by atoms with E-state index in [2.05, 4.69) is 4.98 Å². The van der Waals surface area contributed by atoms with Crippen LogP contribution in [-0.2, 0) is 0 Å². The van der Waals surface area contributed by atoms with Gasteiger partial charge in [0.25, 0.3) is 0 Å². The number of aromatic nitrogens is 1. The zero-order valence-corrected chi connectivity index (χ0v) is 7.33. The van der Waals surface area contributed by atoms with Gasteiger partial charge >= 0.3 is 0 Å². The third-order valence-electron chi connectivity index (χ3n) is 1.56. The van der Waals surface area contributed by atoms with Crippen LogP contribution >= 0.6 is 11.6 Å². The monoisotopic (exact) mass is 186 g/mol. The Hall–Kier alpha value is -0.640. The summed E-state index contributed by atoms with van der Waals surface area (Å²) in [4.78, 5) is 4.04. The molecule has 1 rings (SSSR count). The van der Waals surface area contributed by atoms with Crippen LogP contribution in [0.4, 0.5) is 0 Å². The molecule has 3 N–H and O–H groups in total. The van der Waals surface area contributed by atoms with Gasteiger partial charge in [-0.25, -0.2) is 0 Å². The highest BCUT2D eigenvalue weighted by atomic mass is 35.5. The van der Waals surface area contributed by atoms with Crippen LogP contribution in [0.1, 0.15) is 18.2 Å². The number of hydrogen-bond donors (Lipinski definition) is 2. The van der Waals surface area contributed by atoms with Crippen molar-refractivity contribution in [3.63, 3.8) is 0 Å². The highest BCUT2D eigenvalue weighted by molar-refractivity contribution is 6.30. The van der Waals surface area contributed by atoms with Crippen molar-refractivity contribution in [2.45, 2.75) is 12.5 Å². The van der Waals surface area contributed by atoms with Crippen LogP contribution in [0.5, 0.6) is 0 Å². The van der Waals surface area contributed by atoms with Gasteiger partial charge in [0.15, 0.2) is 0 Å². The molecule has 1 aromatic heterocycles. The first-order valence-electron chi connectivity index (χ1n) is 3.72. The molecule has 0 radical (unpaired) electrons. The molecular formula is C8H11ClN2O. The molecule has 0 bridgehead atoms. The quantitative estimate of drug-likeness (QED) is 0.744. The molecule has 0 aliphatic heterocycles. The van der Waals surface area contributed by atoms with Crippen LogP contribution in [0.15, 0.2) is 18.3 Å². The van der Waals surface area contributed by atoms with E-state index in [-0.39, 0.29) is 12.6 Å². The molecule has 4 heteroatoms. The van der Waals surface area contributed by atoms with Crippen LogP contribution in [0.3, 0.4) is 0 Å². The van der Waals surface area contributed by atoms with Crippen LogP contribution in [-0.4, -0.2) is 16.7 Å². The van der Waals surface area contributed by atoms with Crippen molar-refractivity contribution in [3.05, 3.63) is 29.0 Å². The molecule has 12 heavy (non-hydrogen) atoms. The Morgan fingerprint density at radius 3 is 3.00 bits per heavy atom. The molecule has 0 unspecified atom stereocenters. The van der Waals surface area contributed by atoms with Gasteiger partial charge in [0, 0.05) is 23.9 Å². The average molecular weight is 187 g/mol. The third-order valence-corrected chi connectivity index (χ3v) is 1.80. The molecule has 0 amide bonds. The molecule has 66 valence electrons. The van der Waals surface area contributed by atoms with E-state index in [9.17, 15) is 0 Å². The minimum Gasteiger partial charge on any atom is -0.396 e. The van der Waals surface area contributed by atoms with Crippen LogP contribution < -0.4 is 5.73 Å². The highest BCUT2D eigenvalue weighted by Gasteiger charge is 2.06. The van der Waals surface area contributed by atoms with Gasteiger partial charge in [0.1, 0.15) is 0 Å². The first-order valence-corrected chi connectivity index (χ1v) is 4.09. The van der Waals surface area contributed by atoms with Gasteiger partial charge in [-0.15, -0.1) is 0 Å². The summed E-state index contributed by atoms with van der Waals surface area (Å²) in [5, 5.41) is 9.25. The average Bonchev–Trinajstić information content (AvgIpc) is 2.05. The second-order valence-electron chi connectivity index (χ2n) is 2.52. The lowest BCUT2D eigenvalue weighted by atomic mass is 10.1. The van der Waals surface area contributed by atoms with E-state index in [0.29, 0.717) is 11.4 Å². The van der Waals surface area contributed by atoms with E-state index in [1.54, 1.807) is 18.3 Å². The molecule has 0 spiro atoms. The van der Waals surface area contributed by atoms with E-state index in [0.717, 1.165) is 5.69 Å². The molecule has 0 aliphatic carbocycles. The Kier molecular flexibility index (Phi) is 3.47. The Labute approximate surface area is 76.2 Å². The molecule has 0 fully saturated rings. The van der Waals surface area contributed by atoms with Crippen molar-refractivity contribution >= 4 is 11.6 Å². The number of hydrogen-bond acceptors (Lipinski definition) is 3. The number of nitrogens with two attached hydrogens (primary N) is 1. The van der Waals surface area contributed by atoms with Crippen molar-refractivity contribution in [3.8, 4) is 0 Å². The Bertz CT molecular complexity index is 255. The zero-order chi connectivity index (χ0) is 8.97. The van der Waals surface area contributed by atoms with Crippen molar-refractivity contribution in [2.24, 2.45) is 5.73 Å². The van der Waals surface area contributed by atoms with Gasteiger partial charge in [0.05, 0.1) is 5.69 Å². The lowest BCUT2D eigenvalue weighted by molar-refractivity contribution is 0.275. The molecule has 1 atom stereocenters. The van der Waals surface area contributed by atoms with Crippen molar-refractivity contribution in [2.75, 3.05) is 6.61 Å². The molecule has 1 aromatic rings. The number of pyridine rings is 1. The predicted octanol–water partition coefficient (Wildman–Crippen LogP) is 1.12. The summed E-state index contributed by atoms with van der Waals surface area (Å²) in [7, 11) is 0. The topological polar surface area (TPSA) is 59.1 Å². The first-order chi connectivity index (χ1) is 5.74. The smallest absolute Gasteiger partial charge is 0.0586 e. The van der Waals surface area contributed by atoms with E-state index < -0.39 is 0 Å².